The molecule has 0 bridgehead atoms. The summed E-state index contributed by atoms with van der Waals surface area (Å²) in [4.78, 5) is 14.6. The van der Waals surface area contributed by atoms with E-state index in [2.05, 4.69) is 54.9 Å². The van der Waals surface area contributed by atoms with Crippen molar-refractivity contribution in [3.63, 3.8) is 0 Å². The molecule has 2 rings (SSSR count). The normalized spacial score (nSPS) is 16.2. The van der Waals surface area contributed by atoms with Crippen molar-refractivity contribution in [2.75, 3.05) is 25.6 Å². The number of fused-ring (bicyclic) bond motifs is 1. The maximum Gasteiger partial charge on any atom is 1.00 e. The van der Waals surface area contributed by atoms with E-state index in [0.717, 1.165) is 37.5 Å². The minimum absolute atomic E-state index is 0. The van der Waals surface area contributed by atoms with Crippen LogP contribution in [-0.4, -0.2) is 42.5 Å². The molecule has 0 spiro atoms. The van der Waals surface area contributed by atoms with Gasteiger partial charge < -0.3 is 35.9 Å². The number of carboxylic acids is 1. The zero-order chi connectivity index (χ0) is 22.2. The van der Waals surface area contributed by atoms with Crippen LogP contribution < -0.4 is 24.2 Å². The third-order valence-corrected chi connectivity index (χ3v) is 4.52. The smallest absolute Gasteiger partial charge is 0.481 e. The molecular weight excluding hydrogens is 378 g/mol. The van der Waals surface area contributed by atoms with Crippen molar-refractivity contribution in [2.24, 2.45) is 11.8 Å². The quantitative estimate of drug-likeness (QED) is 0.385. The van der Waals surface area contributed by atoms with Crippen molar-refractivity contribution in [3.8, 4) is 0 Å². The van der Waals surface area contributed by atoms with E-state index < -0.39 is 18.7 Å². The van der Waals surface area contributed by atoms with Crippen molar-refractivity contribution in [1.29, 1.82) is 0 Å². The number of rotatable bonds is 8. The summed E-state index contributed by atoms with van der Waals surface area (Å²) in [5.74, 6) is 0.784. The first-order valence-electron chi connectivity index (χ1n) is 10.2. The standard InChI is InChI=1S/C14H21N2.C5H9O2.C4H8FO.Li/c1-3-4-5-6-13-8-7-12-9-11(2)10-15-14(12)16-13;1-3-4(2)5(6)7;1-4(3-5)6-2;/h7-8,11H,1,3-6,9-10H2,2H3,(H,15,16);4H,1,3H2,2H3,(H,6,7);4H,1,3H2,2H3;/q3*-1;+1/t;4-;;/m.0../s1. The van der Waals surface area contributed by atoms with Crippen LogP contribution in [0.2, 0.25) is 0 Å². The molecule has 168 valence electrons. The molecule has 0 saturated carbocycles. The van der Waals surface area contributed by atoms with Crippen molar-refractivity contribution >= 4 is 11.8 Å². The monoisotopic (exact) mass is 416 g/mol. The average Bonchev–Trinajstić information content (AvgIpc) is 2.73. The van der Waals surface area contributed by atoms with Gasteiger partial charge in [-0.2, -0.15) is 12.8 Å². The van der Waals surface area contributed by atoms with Gasteiger partial charge in [0.25, 0.3) is 0 Å². The number of nitrogens with zero attached hydrogens (tertiary/aromatic N) is 1. The molecule has 0 saturated heterocycles. The third kappa shape index (κ3) is 14.0. The van der Waals surface area contributed by atoms with Crippen molar-refractivity contribution in [3.05, 3.63) is 44.2 Å². The number of hydrogen-bond donors (Lipinski definition) is 2. The molecule has 1 aromatic rings. The molecular formula is C23H38FLiN2O3-2. The summed E-state index contributed by atoms with van der Waals surface area (Å²) >= 11 is 0. The van der Waals surface area contributed by atoms with Crippen LogP contribution >= 0.6 is 0 Å². The Bertz CT molecular complexity index is 571. The summed E-state index contributed by atoms with van der Waals surface area (Å²) in [5.41, 5.74) is 2.59. The number of carboxylic acid groups (broad SMARTS) is 1. The topological polar surface area (TPSA) is 71.5 Å². The minimum Gasteiger partial charge on any atom is -0.481 e. The molecule has 0 fully saturated rings. The number of pyridine rings is 1. The van der Waals surface area contributed by atoms with Gasteiger partial charge in [0, 0.05) is 25.3 Å². The molecule has 1 aliphatic rings. The fraction of sp³-hybridized carbons (Fsp3) is 0.609. The van der Waals surface area contributed by atoms with E-state index in [-0.39, 0.29) is 24.8 Å². The molecule has 3 atom stereocenters. The largest absolute Gasteiger partial charge is 1.00 e. The maximum absolute atomic E-state index is 11.2. The Morgan fingerprint density at radius 2 is 2.07 bits per heavy atom. The van der Waals surface area contributed by atoms with Gasteiger partial charge in [-0.1, -0.05) is 32.8 Å². The van der Waals surface area contributed by atoms with Crippen LogP contribution in [0, 0.1) is 32.6 Å². The molecule has 0 aromatic carbocycles. The SMILES string of the molecule is [CH2-]C(CF)OC.[CH2-]CCCCc1ccc2c(n1)NCC(C)C2.[CH2-]C[C@H](C)C(=O)O.[Li+]. The van der Waals surface area contributed by atoms with Crippen LogP contribution in [0.5, 0.6) is 0 Å². The second-order valence-corrected chi connectivity index (χ2v) is 7.35. The second kappa shape index (κ2) is 18.7. The number of unbranched alkanes of at least 4 members (excludes halogenated alkanes) is 2. The average molecular weight is 417 g/mol. The maximum atomic E-state index is 11.2. The fourth-order valence-electron chi connectivity index (χ4n) is 2.37. The molecule has 2 unspecified atom stereocenters. The third-order valence-electron chi connectivity index (χ3n) is 4.52. The molecule has 7 heteroatoms. The van der Waals surface area contributed by atoms with Gasteiger partial charge in [-0.05, 0) is 36.5 Å². The van der Waals surface area contributed by atoms with Crippen molar-refractivity contribution in [2.45, 2.75) is 58.5 Å². The number of aromatic nitrogens is 1. The van der Waals surface area contributed by atoms with Gasteiger partial charge in [0.1, 0.15) is 5.82 Å². The van der Waals surface area contributed by atoms with Crippen LogP contribution in [0.4, 0.5) is 10.2 Å². The molecule has 1 aromatic heterocycles. The van der Waals surface area contributed by atoms with Gasteiger partial charge in [0.15, 0.2) is 0 Å². The molecule has 0 radical (unpaired) electrons. The van der Waals surface area contributed by atoms with E-state index >= 15 is 0 Å². The summed E-state index contributed by atoms with van der Waals surface area (Å²) in [6, 6.07) is 4.42. The van der Waals surface area contributed by atoms with E-state index in [1.807, 2.05) is 0 Å². The predicted octanol–water partition coefficient (Wildman–Crippen LogP) is 1.97. The molecule has 0 aliphatic carbocycles. The Labute approximate surface area is 194 Å². The van der Waals surface area contributed by atoms with E-state index in [9.17, 15) is 9.18 Å². The molecule has 2 heterocycles. The Hall–Kier alpha value is -1.09. The Morgan fingerprint density at radius 3 is 2.50 bits per heavy atom. The second-order valence-electron chi connectivity index (χ2n) is 7.35. The number of alkyl halides is 1. The van der Waals surface area contributed by atoms with Crippen LogP contribution in [0.3, 0.4) is 0 Å². The Morgan fingerprint density at radius 1 is 1.40 bits per heavy atom. The number of ether oxygens (including phenoxy) is 1. The van der Waals surface area contributed by atoms with Gasteiger partial charge >= 0.3 is 24.8 Å². The van der Waals surface area contributed by atoms with Gasteiger partial charge in [-0.25, -0.2) is 4.98 Å². The molecule has 5 nitrogen and oxygen atoms in total. The number of nitrogens with one attached hydrogen (secondary N) is 1. The van der Waals surface area contributed by atoms with E-state index in [1.165, 1.54) is 31.2 Å². The number of anilines is 1. The van der Waals surface area contributed by atoms with E-state index in [0.29, 0.717) is 6.42 Å². The first-order valence-corrected chi connectivity index (χ1v) is 10.2. The Kier molecular flexibility index (Phi) is 19.3. The summed E-state index contributed by atoms with van der Waals surface area (Å²) in [6.07, 6.45) is 5.66. The predicted molar refractivity (Wildman–Crippen MR) is 117 cm³/mol. The van der Waals surface area contributed by atoms with E-state index in [4.69, 9.17) is 5.11 Å². The van der Waals surface area contributed by atoms with Gasteiger partial charge in [0.05, 0.1) is 6.67 Å². The van der Waals surface area contributed by atoms with Crippen LogP contribution in [0.25, 0.3) is 0 Å². The van der Waals surface area contributed by atoms with Crippen LogP contribution in [0.15, 0.2) is 12.1 Å². The van der Waals surface area contributed by atoms with Crippen molar-refractivity contribution in [1.82, 2.24) is 4.98 Å². The Balaban J connectivity index is 0. The van der Waals surface area contributed by atoms with Crippen LogP contribution in [-0.2, 0) is 22.4 Å². The summed E-state index contributed by atoms with van der Waals surface area (Å²) in [6.45, 7) is 15.0. The number of aryl methyl sites for hydroxylation is 1. The van der Waals surface area contributed by atoms with Gasteiger partial charge in [0.2, 0.25) is 0 Å². The number of carbonyl (C=O) groups is 1. The first kappa shape index (κ1) is 31.1. The molecule has 2 N–H and O–H groups in total. The zero-order valence-electron chi connectivity index (χ0n) is 19.3. The molecule has 1 aliphatic heterocycles. The number of halogens is 1. The van der Waals surface area contributed by atoms with Gasteiger partial charge in [-0.3, -0.25) is 9.18 Å². The summed E-state index contributed by atoms with van der Waals surface area (Å²) in [7, 11) is 1.43. The van der Waals surface area contributed by atoms with Crippen LogP contribution in [0.1, 0.15) is 50.8 Å². The first-order chi connectivity index (χ1) is 13.8. The van der Waals surface area contributed by atoms with Crippen molar-refractivity contribution < 1.29 is 37.9 Å². The minimum atomic E-state index is -0.769. The fourth-order valence-corrected chi connectivity index (χ4v) is 2.37. The van der Waals surface area contributed by atoms with Gasteiger partial charge in [-0.15, -0.1) is 0 Å². The van der Waals surface area contributed by atoms with E-state index in [1.54, 1.807) is 6.92 Å². The number of hydrogen-bond acceptors (Lipinski definition) is 4. The zero-order valence-corrected chi connectivity index (χ0v) is 19.3. The molecule has 30 heavy (non-hydrogen) atoms. The summed E-state index contributed by atoms with van der Waals surface area (Å²) < 4.78 is 15.6. The number of aliphatic carboxylic acids is 1. The number of methoxy groups -OCH3 is 1. The molecule has 0 amide bonds. The summed E-state index contributed by atoms with van der Waals surface area (Å²) in [5, 5.41) is 11.6.